The van der Waals surface area contributed by atoms with Gasteiger partial charge in [-0.25, -0.2) is 0 Å². The summed E-state index contributed by atoms with van der Waals surface area (Å²) in [6, 6.07) is 1.86. The van der Waals surface area contributed by atoms with Crippen LogP contribution in [0.25, 0.3) is 0 Å². The molecule has 0 saturated carbocycles. The first-order chi connectivity index (χ1) is 9.80. The van der Waals surface area contributed by atoms with E-state index in [1.165, 1.54) is 0 Å². The molecule has 0 spiro atoms. The van der Waals surface area contributed by atoms with Crippen molar-refractivity contribution in [2.24, 2.45) is 0 Å². The lowest BCUT2D eigenvalue weighted by Gasteiger charge is -2.26. The molecular weight excluding hydrogens is 300 g/mol. The Morgan fingerprint density at radius 3 is 1.64 bits per heavy atom. The first-order valence-corrected chi connectivity index (χ1v) is 8.14. The Hall–Kier alpha value is -1.36. The minimum absolute atomic E-state index is 0.567. The predicted octanol–water partition coefficient (Wildman–Crippen LogP) is 4.13. The fourth-order valence-electron chi connectivity index (χ4n) is 2.01. The molecule has 0 amide bonds. The lowest BCUT2D eigenvalue weighted by atomic mass is 9.99. The molecule has 0 aliphatic carbocycles. The molecule has 0 unspecified atom stereocenters. The molecule has 0 aliphatic rings. The Kier molecular flexibility index (Phi) is 5.44. The fraction of sp³-hybridized carbons (Fsp3) is 0.647. The van der Waals surface area contributed by atoms with E-state index in [1.54, 1.807) is 52.9 Å². The van der Waals surface area contributed by atoms with Crippen LogP contribution in [0.5, 0.6) is 0 Å². The summed E-state index contributed by atoms with van der Waals surface area (Å²) in [4.78, 5) is 27.0. The van der Waals surface area contributed by atoms with Crippen LogP contribution in [0.2, 0.25) is 0 Å². The van der Waals surface area contributed by atoms with Crippen molar-refractivity contribution in [3.05, 3.63) is 21.4 Å². The predicted molar refractivity (Wildman–Crippen MR) is 88.2 cm³/mol. The van der Waals surface area contributed by atoms with E-state index in [9.17, 15) is 9.59 Å². The average Bonchev–Trinajstić information content (AvgIpc) is 2.52. The number of hydrogen-bond donors (Lipinski definition) is 0. The van der Waals surface area contributed by atoms with E-state index in [-0.39, 0.29) is 0 Å². The van der Waals surface area contributed by atoms with E-state index < -0.39 is 29.1 Å². The number of hydrogen-bond acceptors (Lipinski definition) is 5. The Balaban J connectivity index is 3.18. The summed E-state index contributed by atoms with van der Waals surface area (Å²) in [5.74, 6) is -2.17. The number of rotatable bonds is 3. The highest BCUT2D eigenvalue weighted by molar-refractivity contribution is 7.12. The maximum Gasteiger partial charge on any atom is 0.325 e. The summed E-state index contributed by atoms with van der Waals surface area (Å²) in [5, 5.41) is 0. The molecule has 0 N–H and O–H groups in total. The molecule has 1 heterocycles. The molecule has 124 valence electrons. The zero-order valence-corrected chi connectivity index (χ0v) is 15.5. The van der Waals surface area contributed by atoms with Crippen molar-refractivity contribution in [3.8, 4) is 0 Å². The van der Waals surface area contributed by atoms with Crippen LogP contribution in [0.4, 0.5) is 0 Å². The van der Waals surface area contributed by atoms with Gasteiger partial charge in [-0.05, 0) is 67.0 Å². The molecule has 1 rings (SSSR count). The first-order valence-electron chi connectivity index (χ1n) is 7.33. The molecule has 0 fully saturated rings. The van der Waals surface area contributed by atoms with Gasteiger partial charge >= 0.3 is 11.9 Å². The highest BCUT2D eigenvalue weighted by Crippen LogP contribution is 2.31. The van der Waals surface area contributed by atoms with Gasteiger partial charge in [-0.15, -0.1) is 11.3 Å². The van der Waals surface area contributed by atoms with Crippen LogP contribution in [0, 0.1) is 13.8 Å². The highest BCUT2D eigenvalue weighted by atomic mass is 32.1. The summed E-state index contributed by atoms with van der Waals surface area (Å²) in [7, 11) is 0. The minimum atomic E-state index is -1.04. The van der Waals surface area contributed by atoms with E-state index in [4.69, 9.17) is 9.47 Å². The van der Waals surface area contributed by atoms with Gasteiger partial charge in [0, 0.05) is 9.75 Å². The standard InChI is InChI=1S/C17H26O4S/c1-10-9-12(11(2)22-10)13(14(18)20-16(3,4)5)15(19)21-17(6,7)8/h9,13H,1-8H3. The molecule has 22 heavy (non-hydrogen) atoms. The van der Waals surface area contributed by atoms with E-state index in [1.807, 2.05) is 19.9 Å². The van der Waals surface area contributed by atoms with Crippen molar-refractivity contribution < 1.29 is 19.1 Å². The Morgan fingerprint density at radius 1 is 0.955 bits per heavy atom. The van der Waals surface area contributed by atoms with Gasteiger partial charge in [0.25, 0.3) is 0 Å². The molecule has 1 aromatic rings. The maximum atomic E-state index is 12.5. The largest absolute Gasteiger partial charge is 0.459 e. The van der Waals surface area contributed by atoms with Crippen molar-refractivity contribution in [3.63, 3.8) is 0 Å². The van der Waals surface area contributed by atoms with Gasteiger partial charge in [0.2, 0.25) is 0 Å². The highest BCUT2D eigenvalue weighted by Gasteiger charge is 2.37. The molecule has 5 heteroatoms. The van der Waals surface area contributed by atoms with Crippen molar-refractivity contribution in [1.82, 2.24) is 0 Å². The SMILES string of the molecule is Cc1cc(C(C(=O)OC(C)(C)C)C(=O)OC(C)(C)C)c(C)s1. The normalized spacial score (nSPS) is 12.4. The van der Waals surface area contributed by atoms with Crippen molar-refractivity contribution in [1.29, 1.82) is 0 Å². The van der Waals surface area contributed by atoms with Gasteiger partial charge in [-0.2, -0.15) is 0 Å². The van der Waals surface area contributed by atoms with E-state index >= 15 is 0 Å². The fourth-order valence-corrected chi connectivity index (χ4v) is 2.97. The van der Waals surface area contributed by atoms with Crippen LogP contribution < -0.4 is 0 Å². The molecule has 4 nitrogen and oxygen atoms in total. The van der Waals surface area contributed by atoms with Gasteiger partial charge in [0.1, 0.15) is 11.2 Å². The number of carbonyl (C=O) groups is 2. The Morgan fingerprint density at radius 2 is 1.36 bits per heavy atom. The second-order valence-corrected chi connectivity index (χ2v) is 8.83. The third-order valence-corrected chi connectivity index (χ3v) is 3.66. The van der Waals surface area contributed by atoms with Crippen molar-refractivity contribution in [2.45, 2.75) is 72.5 Å². The minimum Gasteiger partial charge on any atom is -0.459 e. The maximum absolute atomic E-state index is 12.5. The third-order valence-electron chi connectivity index (χ3n) is 2.68. The molecule has 0 radical (unpaired) electrons. The lowest BCUT2D eigenvalue weighted by molar-refractivity contribution is -0.169. The zero-order chi connectivity index (χ0) is 17.3. The van der Waals surface area contributed by atoms with Crippen LogP contribution in [0.3, 0.4) is 0 Å². The summed E-state index contributed by atoms with van der Waals surface area (Å²) >= 11 is 1.55. The summed E-state index contributed by atoms with van der Waals surface area (Å²) in [6.07, 6.45) is 0. The zero-order valence-electron chi connectivity index (χ0n) is 14.7. The van der Waals surface area contributed by atoms with Crippen LogP contribution in [-0.2, 0) is 19.1 Å². The van der Waals surface area contributed by atoms with Crippen LogP contribution >= 0.6 is 11.3 Å². The molecule has 1 aromatic heterocycles. The molecular formula is C17H26O4S. The number of esters is 2. The van der Waals surface area contributed by atoms with Gasteiger partial charge < -0.3 is 9.47 Å². The average molecular weight is 326 g/mol. The molecule has 0 aromatic carbocycles. The number of carbonyl (C=O) groups excluding carboxylic acids is 2. The second-order valence-electron chi connectivity index (χ2n) is 7.37. The number of thiophene rings is 1. The van der Waals surface area contributed by atoms with Crippen molar-refractivity contribution >= 4 is 23.3 Å². The monoisotopic (exact) mass is 326 g/mol. The summed E-state index contributed by atoms with van der Waals surface area (Å²) in [5.41, 5.74) is -0.641. The van der Waals surface area contributed by atoms with E-state index in [0.717, 1.165) is 9.75 Å². The quantitative estimate of drug-likeness (QED) is 0.619. The van der Waals surface area contributed by atoms with Crippen LogP contribution in [0.1, 0.15) is 62.8 Å². The second kappa shape index (κ2) is 6.41. The molecule has 0 atom stereocenters. The lowest BCUT2D eigenvalue weighted by Crippen LogP contribution is -2.35. The van der Waals surface area contributed by atoms with E-state index in [2.05, 4.69) is 0 Å². The van der Waals surface area contributed by atoms with Gasteiger partial charge in [-0.1, -0.05) is 0 Å². The van der Waals surface area contributed by atoms with Crippen LogP contribution in [0.15, 0.2) is 6.07 Å². The van der Waals surface area contributed by atoms with Gasteiger partial charge in [0.15, 0.2) is 5.92 Å². The topological polar surface area (TPSA) is 52.6 Å². The summed E-state index contributed by atoms with van der Waals surface area (Å²) in [6.45, 7) is 14.5. The van der Waals surface area contributed by atoms with E-state index in [0.29, 0.717) is 5.56 Å². The van der Waals surface area contributed by atoms with Crippen molar-refractivity contribution in [2.75, 3.05) is 0 Å². The Labute approximate surface area is 136 Å². The Bertz CT molecular complexity index is 530. The third kappa shape index (κ3) is 5.44. The molecule has 0 saturated heterocycles. The number of aryl methyl sites for hydroxylation is 2. The van der Waals surface area contributed by atoms with Crippen LogP contribution in [-0.4, -0.2) is 23.1 Å². The number of ether oxygens (including phenoxy) is 2. The van der Waals surface area contributed by atoms with Gasteiger partial charge in [0.05, 0.1) is 0 Å². The summed E-state index contributed by atoms with van der Waals surface area (Å²) < 4.78 is 10.8. The van der Waals surface area contributed by atoms with Gasteiger partial charge in [-0.3, -0.25) is 9.59 Å². The molecule has 0 bridgehead atoms. The first kappa shape index (κ1) is 18.7. The smallest absolute Gasteiger partial charge is 0.325 e. The molecule has 0 aliphatic heterocycles.